The first-order valence-corrected chi connectivity index (χ1v) is 14.5. The Morgan fingerprint density at radius 1 is 1.06 bits per heavy atom. The molecule has 2 fully saturated rings. The van der Waals surface area contributed by atoms with Gasteiger partial charge in [0, 0.05) is 54.9 Å². The maximum absolute atomic E-state index is 15.2. The quantitative estimate of drug-likeness (QED) is 0.508. The molecule has 0 spiro atoms. The Balaban J connectivity index is 1.55. The number of hydrogen-bond donors (Lipinski definition) is 1. The number of sulfonamides is 1. The number of aromatic nitrogens is 2. The minimum Gasteiger partial charge on any atom is -0.372 e. The summed E-state index contributed by atoms with van der Waals surface area (Å²) in [7, 11) is -1.77. The Bertz CT molecular complexity index is 1370. The van der Waals surface area contributed by atoms with Gasteiger partial charge in [-0.05, 0) is 83.8 Å². The Labute approximate surface area is 213 Å². The third-order valence-corrected chi connectivity index (χ3v) is 9.52. The minimum absolute atomic E-state index is 0.333. The second-order valence-corrected chi connectivity index (χ2v) is 12.5. The second-order valence-electron chi connectivity index (χ2n) is 10.5. The fourth-order valence-corrected chi connectivity index (χ4v) is 7.08. The summed E-state index contributed by atoms with van der Waals surface area (Å²) in [5.41, 5.74) is 3.88. The molecular formula is C27H36FN5O2S. The molecular weight excluding hydrogens is 477 g/mol. The van der Waals surface area contributed by atoms with E-state index in [0.29, 0.717) is 52.4 Å². The Morgan fingerprint density at radius 2 is 1.75 bits per heavy atom. The van der Waals surface area contributed by atoms with Crippen LogP contribution in [0.5, 0.6) is 0 Å². The highest BCUT2D eigenvalue weighted by atomic mass is 32.2. The molecule has 0 atom stereocenters. The lowest BCUT2D eigenvalue weighted by Gasteiger charge is -2.34. The van der Waals surface area contributed by atoms with Crippen molar-refractivity contribution in [2.75, 3.05) is 35.8 Å². The van der Waals surface area contributed by atoms with Gasteiger partial charge in [0.25, 0.3) is 0 Å². The molecule has 36 heavy (non-hydrogen) atoms. The largest absolute Gasteiger partial charge is 0.372 e. The summed E-state index contributed by atoms with van der Waals surface area (Å²) in [5, 5.41) is 0.169. The van der Waals surface area contributed by atoms with Crippen molar-refractivity contribution in [3.8, 4) is 11.1 Å². The van der Waals surface area contributed by atoms with E-state index >= 15 is 4.39 Å². The molecule has 2 aromatic heterocycles. The topological polar surface area (TPSA) is 70.5 Å². The molecule has 194 valence electrons. The van der Waals surface area contributed by atoms with Crippen LogP contribution < -0.4 is 9.62 Å². The highest BCUT2D eigenvalue weighted by Gasteiger charge is 2.32. The van der Waals surface area contributed by atoms with E-state index in [9.17, 15) is 8.42 Å². The molecule has 0 unspecified atom stereocenters. The number of nitrogens with zero attached hydrogens (tertiary/aromatic N) is 4. The minimum atomic E-state index is -3.63. The molecule has 0 amide bonds. The first-order valence-electron chi connectivity index (χ1n) is 12.9. The number of pyridine rings is 1. The van der Waals surface area contributed by atoms with Gasteiger partial charge in [0.05, 0.1) is 16.3 Å². The van der Waals surface area contributed by atoms with Crippen LogP contribution in [-0.4, -0.2) is 60.3 Å². The number of anilines is 2. The second kappa shape index (κ2) is 9.67. The molecule has 0 bridgehead atoms. The van der Waals surface area contributed by atoms with E-state index < -0.39 is 15.3 Å². The Hall–Kier alpha value is -2.65. The van der Waals surface area contributed by atoms with Crippen molar-refractivity contribution in [3.63, 3.8) is 0 Å². The van der Waals surface area contributed by atoms with Gasteiger partial charge in [0.2, 0.25) is 10.0 Å². The van der Waals surface area contributed by atoms with Crippen molar-refractivity contribution in [3.05, 3.63) is 42.0 Å². The van der Waals surface area contributed by atoms with Crippen LogP contribution in [0.2, 0.25) is 0 Å². The highest BCUT2D eigenvalue weighted by Crippen LogP contribution is 2.39. The summed E-state index contributed by atoms with van der Waals surface area (Å²) in [5.74, 6) is -0.333. The first kappa shape index (κ1) is 25.0. The van der Waals surface area contributed by atoms with Gasteiger partial charge in [-0.25, -0.2) is 17.8 Å². The average molecular weight is 514 g/mol. The van der Waals surface area contributed by atoms with E-state index in [4.69, 9.17) is 0 Å². The molecule has 7 nitrogen and oxygen atoms in total. The highest BCUT2D eigenvalue weighted by molar-refractivity contribution is 7.93. The average Bonchev–Trinajstić information content (AvgIpc) is 3.48. The number of rotatable bonds is 6. The summed E-state index contributed by atoms with van der Waals surface area (Å²) in [4.78, 5) is 9.25. The molecule has 4 heterocycles. The van der Waals surface area contributed by atoms with E-state index in [1.165, 1.54) is 6.07 Å². The smallest absolute Gasteiger partial charge is 0.235 e. The van der Waals surface area contributed by atoms with Crippen LogP contribution in [0, 0.1) is 12.7 Å². The number of piperidine rings is 1. The molecule has 3 aromatic rings. The third-order valence-electron chi connectivity index (χ3n) is 7.66. The lowest BCUT2D eigenvalue weighted by Crippen LogP contribution is -2.43. The zero-order valence-corrected chi connectivity index (χ0v) is 22.4. The molecule has 0 aliphatic carbocycles. The van der Waals surface area contributed by atoms with Gasteiger partial charge < -0.3 is 14.4 Å². The van der Waals surface area contributed by atoms with Crippen molar-refractivity contribution in [1.82, 2.24) is 14.5 Å². The van der Waals surface area contributed by atoms with Gasteiger partial charge in [-0.2, -0.15) is 0 Å². The lowest BCUT2D eigenvalue weighted by molar-refractivity contribution is 0.186. The number of aryl methyl sites for hydroxylation is 2. The van der Waals surface area contributed by atoms with Crippen LogP contribution in [-0.2, 0) is 17.1 Å². The normalized spacial score (nSPS) is 18.0. The van der Waals surface area contributed by atoms with E-state index in [2.05, 4.69) is 33.4 Å². The fraction of sp³-hybridized carbons (Fsp3) is 0.519. The van der Waals surface area contributed by atoms with Crippen LogP contribution >= 0.6 is 0 Å². The standard InChI is InChI=1S/C27H36FN5O2S/c1-18(2)32-13-9-21(10-14-32)36(34,35)30-25-15-19(3)29-27-26(25)23(17-31(27)4)22-16-20(7-8-24(22)28)33-11-5-6-12-33/h7-8,15-18,21H,5-6,9-14H2,1-4H3,(H,29,30). The Kier molecular flexibility index (Phi) is 6.72. The molecule has 2 aliphatic rings. The molecule has 2 aliphatic heterocycles. The molecule has 1 aromatic carbocycles. The zero-order chi connectivity index (χ0) is 25.6. The van der Waals surface area contributed by atoms with Crippen LogP contribution in [0.15, 0.2) is 30.5 Å². The number of hydrogen-bond acceptors (Lipinski definition) is 5. The van der Waals surface area contributed by atoms with Gasteiger partial charge in [0.1, 0.15) is 11.5 Å². The first-order chi connectivity index (χ1) is 17.1. The molecule has 9 heteroatoms. The van der Waals surface area contributed by atoms with Crippen molar-refractivity contribution in [2.45, 2.75) is 57.7 Å². The molecule has 2 saturated heterocycles. The number of fused-ring (bicyclic) bond motifs is 1. The summed E-state index contributed by atoms with van der Waals surface area (Å²) >= 11 is 0. The maximum Gasteiger partial charge on any atom is 0.235 e. The van der Waals surface area contributed by atoms with E-state index in [0.717, 1.165) is 44.7 Å². The molecule has 1 N–H and O–H groups in total. The van der Waals surface area contributed by atoms with Crippen molar-refractivity contribution in [2.24, 2.45) is 7.05 Å². The summed E-state index contributed by atoms with van der Waals surface area (Å²) in [6, 6.07) is 7.38. The lowest BCUT2D eigenvalue weighted by atomic mass is 10.0. The monoisotopic (exact) mass is 513 g/mol. The van der Waals surface area contributed by atoms with Crippen molar-refractivity contribution >= 4 is 32.4 Å². The van der Waals surface area contributed by atoms with Gasteiger partial charge >= 0.3 is 0 Å². The van der Waals surface area contributed by atoms with Crippen LogP contribution in [0.4, 0.5) is 15.8 Å². The Morgan fingerprint density at radius 3 is 2.42 bits per heavy atom. The van der Waals surface area contributed by atoms with Crippen LogP contribution in [0.25, 0.3) is 22.2 Å². The van der Waals surface area contributed by atoms with E-state index in [1.807, 2.05) is 36.9 Å². The van der Waals surface area contributed by atoms with E-state index in [-0.39, 0.29) is 5.82 Å². The number of likely N-dealkylation sites (tertiary alicyclic amines) is 1. The van der Waals surface area contributed by atoms with Gasteiger partial charge in [-0.1, -0.05) is 0 Å². The predicted molar refractivity (Wildman–Crippen MR) is 145 cm³/mol. The predicted octanol–water partition coefficient (Wildman–Crippen LogP) is 4.90. The van der Waals surface area contributed by atoms with Gasteiger partial charge in [-0.3, -0.25) is 4.72 Å². The summed E-state index contributed by atoms with van der Waals surface area (Å²) in [6.07, 6.45) is 5.30. The number of halogens is 1. The van der Waals surface area contributed by atoms with E-state index in [1.54, 1.807) is 6.07 Å². The molecule has 5 rings (SSSR count). The summed E-state index contributed by atoms with van der Waals surface area (Å²) < 4.78 is 47.0. The summed E-state index contributed by atoms with van der Waals surface area (Å²) in [6.45, 7) is 9.57. The van der Waals surface area contributed by atoms with Crippen LogP contribution in [0.1, 0.15) is 45.2 Å². The van der Waals surface area contributed by atoms with Gasteiger partial charge in [0.15, 0.2) is 0 Å². The SMILES string of the molecule is Cc1cc(NS(=O)(=O)C2CCN(C(C)C)CC2)c2c(-c3cc(N4CCCC4)ccc3F)cn(C)c2n1. The fourth-order valence-electron chi connectivity index (χ4n) is 5.61. The van der Waals surface area contributed by atoms with Crippen molar-refractivity contribution in [1.29, 1.82) is 0 Å². The molecule has 0 radical (unpaired) electrons. The van der Waals surface area contributed by atoms with Gasteiger partial charge in [-0.15, -0.1) is 0 Å². The number of nitrogens with one attached hydrogen (secondary N) is 1. The maximum atomic E-state index is 15.2. The number of benzene rings is 1. The van der Waals surface area contributed by atoms with Crippen LogP contribution in [0.3, 0.4) is 0 Å². The van der Waals surface area contributed by atoms with Crippen molar-refractivity contribution < 1.29 is 12.8 Å². The zero-order valence-electron chi connectivity index (χ0n) is 21.6. The molecule has 0 saturated carbocycles. The third kappa shape index (κ3) is 4.70.